The fraction of sp³-hybridized carbons (Fsp3) is 0.278. The van der Waals surface area contributed by atoms with Crippen LogP contribution >= 0.6 is 11.3 Å². The normalized spacial score (nSPS) is 12.2. The molecule has 1 aromatic carbocycles. The Morgan fingerprint density at radius 3 is 2.44 bits per heavy atom. The number of amides is 1. The van der Waals surface area contributed by atoms with E-state index < -0.39 is 12.1 Å². The molecule has 0 radical (unpaired) electrons. The number of thiophene rings is 1. The van der Waals surface area contributed by atoms with Gasteiger partial charge >= 0.3 is 12.1 Å². The van der Waals surface area contributed by atoms with Crippen LogP contribution in [0.5, 0.6) is 0 Å². The second-order valence-corrected chi connectivity index (χ2v) is 7.49. The number of halogens is 3. The first kappa shape index (κ1) is 19.1. The molecular formula is C18H16F3N3O2S. The van der Waals surface area contributed by atoms with E-state index >= 15 is 0 Å². The van der Waals surface area contributed by atoms with Crippen LogP contribution in [0.2, 0.25) is 0 Å². The molecule has 0 saturated carbocycles. The van der Waals surface area contributed by atoms with Crippen molar-refractivity contribution in [1.82, 2.24) is 15.5 Å². The third-order valence-corrected chi connectivity index (χ3v) is 5.19. The van der Waals surface area contributed by atoms with Crippen molar-refractivity contribution in [2.45, 2.75) is 25.4 Å². The van der Waals surface area contributed by atoms with E-state index in [1.165, 1.54) is 24.3 Å². The highest BCUT2D eigenvalue weighted by atomic mass is 32.1. The van der Waals surface area contributed by atoms with Crippen LogP contribution in [0.15, 0.2) is 46.3 Å². The smallest absolute Gasteiger partial charge is 0.351 e. The van der Waals surface area contributed by atoms with Crippen molar-refractivity contribution >= 4 is 17.2 Å². The number of hydrogen-bond acceptors (Lipinski definition) is 5. The van der Waals surface area contributed by atoms with Gasteiger partial charge in [0.1, 0.15) is 0 Å². The first-order valence-corrected chi connectivity index (χ1v) is 8.88. The van der Waals surface area contributed by atoms with E-state index in [0.717, 1.165) is 4.88 Å². The molecule has 3 aromatic rings. The summed E-state index contributed by atoms with van der Waals surface area (Å²) in [6, 6.07) is 9.95. The van der Waals surface area contributed by atoms with E-state index in [4.69, 9.17) is 0 Å². The molecule has 0 aliphatic carbocycles. The van der Waals surface area contributed by atoms with Crippen LogP contribution in [0.4, 0.5) is 13.2 Å². The highest BCUT2D eigenvalue weighted by molar-refractivity contribution is 7.10. The fourth-order valence-corrected chi connectivity index (χ4v) is 3.23. The molecule has 2 aromatic heterocycles. The summed E-state index contributed by atoms with van der Waals surface area (Å²) in [5, 5.41) is 8.18. The Hall–Kier alpha value is -2.68. The standard InChI is InChI=1S/C18H16F3N3O2S/c1-17(2,13-4-3-9-27-13)10-22-15(25)12-7-5-11(6-8-12)14-23-16(26-24-14)18(19,20)21/h3-9H,10H2,1-2H3,(H,22,25). The van der Waals surface area contributed by atoms with Crippen LogP contribution in [0.25, 0.3) is 11.4 Å². The lowest BCUT2D eigenvalue weighted by atomic mass is 9.91. The highest BCUT2D eigenvalue weighted by Gasteiger charge is 2.38. The molecule has 0 atom stereocenters. The quantitative estimate of drug-likeness (QED) is 0.690. The van der Waals surface area contributed by atoms with Crippen molar-refractivity contribution in [3.63, 3.8) is 0 Å². The molecule has 2 heterocycles. The summed E-state index contributed by atoms with van der Waals surface area (Å²) in [7, 11) is 0. The molecule has 27 heavy (non-hydrogen) atoms. The van der Waals surface area contributed by atoms with Gasteiger partial charge in [0, 0.05) is 28.0 Å². The summed E-state index contributed by atoms with van der Waals surface area (Å²) in [5.41, 5.74) is 0.507. The van der Waals surface area contributed by atoms with Gasteiger partial charge in [-0.05, 0) is 23.6 Å². The van der Waals surface area contributed by atoms with E-state index in [2.05, 4.69) is 20.0 Å². The van der Waals surface area contributed by atoms with Gasteiger partial charge in [0.25, 0.3) is 5.91 Å². The first-order chi connectivity index (χ1) is 12.7. The van der Waals surface area contributed by atoms with E-state index in [1.54, 1.807) is 11.3 Å². The van der Waals surface area contributed by atoms with E-state index in [0.29, 0.717) is 17.7 Å². The highest BCUT2D eigenvalue weighted by Crippen LogP contribution is 2.29. The molecular weight excluding hydrogens is 379 g/mol. The molecule has 142 valence electrons. The van der Waals surface area contributed by atoms with Crippen LogP contribution in [0, 0.1) is 0 Å². The second-order valence-electron chi connectivity index (χ2n) is 6.54. The van der Waals surface area contributed by atoms with Crippen molar-refractivity contribution in [3.05, 3.63) is 58.1 Å². The second kappa shape index (κ2) is 7.15. The number of hydrogen-bond donors (Lipinski definition) is 1. The molecule has 1 amide bonds. The van der Waals surface area contributed by atoms with E-state index in [9.17, 15) is 18.0 Å². The molecule has 3 rings (SSSR count). The lowest BCUT2D eigenvalue weighted by Gasteiger charge is -2.23. The van der Waals surface area contributed by atoms with Crippen molar-refractivity contribution < 1.29 is 22.5 Å². The van der Waals surface area contributed by atoms with Gasteiger partial charge in [-0.3, -0.25) is 4.79 Å². The van der Waals surface area contributed by atoms with Gasteiger partial charge in [-0.2, -0.15) is 18.2 Å². The zero-order chi connectivity index (χ0) is 19.7. The summed E-state index contributed by atoms with van der Waals surface area (Å²) < 4.78 is 41.8. The number of rotatable bonds is 5. The molecule has 0 saturated heterocycles. The Balaban J connectivity index is 1.66. The summed E-state index contributed by atoms with van der Waals surface area (Å²) in [5.74, 6) is -1.86. The van der Waals surface area contributed by atoms with Gasteiger partial charge in [0.15, 0.2) is 0 Å². The molecule has 0 aliphatic heterocycles. The predicted octanol–water partition coefficient (Wildman–Crippen LogP) is 4.52. The summed E-state index contributed by atoms with van der Waals surface area (Å²) in [6.07, 6.45) is -4.69. The van der Waals surface area contributed by atoms with Gasteiger partial charge in [-0.15, -0.1) is 11.3 Å². The van der Waals surface area contributed by atoms with Gasteiger partial charge < -0.3 is 9.84 Å². The number of nitrogens with zero attached hydrogens (tertiary/aromatic N) is 2. The molecule has 0 unspecified atom stereocenters. The zero-order valence-corrected chi connectivity index (χ0v) is 15.3. The minimum atomic E-state index is -4.69. The number of carbonyl (C=O) groups excluding carboxylic acids is 1. The van der Waals surface area contributed by atoms with Gasteiger partial charge in [0.05, 0.1) is 0 Å². The Morgan fingerprint density at radius 2 is 1.89 bits per heavy atom. The summed E-state index contributed by atoms with van der Waals surface area (Å²) in [6.45, 7) is 4.53. The summed E-state index contributed by atoms with van der Waals surface area (Å²) in [4.78, 5) is 16.8. The maximum Gasteiger partial charge on any atom is 0.471 e. The number of aromatic nitrogens is 2. The molecule has 0 bridgehead atoms. The third-order valence-electron chi connectivity index (χ3n) is 3.95. The van der Waals surface area contributed by atoms with Crippen molar-refractivity contribution in [3.8, 4) is 11.4 Å². The van der Waals surface area contributed by atoms with Gasteiger partial charge in [-0.1, -0.05) is 37.2 Å². The molecule has 0 fully saturated rings. The number of nitrogens with one attached hydrogen (secondary N) is 1. The maximum atomic E-state index is 12.5. The van der Waals surface area contributed by atoms with Crippen LogP contribution < -0.4 is 5.32 Å². The third kappa shape index (κ3) is 4.36. The Bertz CT molecular complexity index is 916. The predicted molar refractivity (Wildman–Crippen MR) is 94.4 cm³/mol. The van der Waals surface area contributed by atoms with E-state index in [1.807, 2.05) is 31.4 Å². The topological polar surface area (TPSA) is 68.0 Å². The van der Waals surface area contributed by atoms with Gasteiger partial charge in [-0.25, -0.2) is 0 Å². The minimum Gasteiger partial charge on any atom is -0.351 e. The Kier molecular flexibility index (Phi) is 5.05. The average Bonchev–Trinajstić information content (AvgIpc) is 3.31. The van der Waals surface area contributed by atoms with Crippen molar-refractivity contribution in [2.75, 3.05) is 6.54 Å². The largest absolute Gasteiger partial charge is 0.471 e. The van der Waals surface area contributed by atoms with Gasteiger partial charge in [0.2, 0.25) is 5.82 Å². The average molecular weight is 395 g/mol. The summed E-state index contributed by atoms with van der Waals surface area (Å²) >= 11 is 1.63. The van der Waals surface area contributed by atoms with Crippen molar-refractivity contribution in [1.29, 1.82) is 0 Å². The maximum absolute atomic E-state index is 12.5. The first-order valence-electron chi connectivity index (χ1n) is 8.00. The molecule has 0 spiro atoms. The van der Waals surface area contributed by atoms with Crippen LogP contribution in [0.1, 0.15) is 35.0 Å². The monoisotopic (exact) mass is 395 g/mol. The lowest BCUT2D eigenvalue weighted by molar-refractivity contribution is -0.159. The number of carbonyl (C=O) groups is 1. The number of benzene rings is 1. The number of alkyl halides is 3. The lowest BCUT2D eigenvalue weighted by Crippen LogP contribution is -2.36. The fourth-order valence-electron chi connectivity index (χ4n) is 2.38. The molecule has 0 aliphatic rings. The zero-order valence-electron chi connectivity index (χ0n) is 14.5. The molecule has 1 N–H and O–H groups in total. The van der Waals surface area contributed by atoms with Crippen LogP contribution in [-0.2, 0) is 11.6 Å². The Labute approximate surface area is 157 Å². The SMILES string of the molecule is CC(C)(CNC(=O)c1ccc(-c2noc(C(F)(F)F)n2)cc1)c1cccs1. The molecule has 9 heteroatoms. The Morgan fingerprint density at radius 1 is 1.19 bits per heavy atom. The minimum absolute atomic E-state index is 0.187. The van der Waals surface area contributed by atoms with E-state index in [-0.39, 0.29) is 17.1 Å². The van der Waals surface area contributed by atoms with Crippen LogP contribution in [0.3, 0.4) is 0 Å². The molecule has 5 nitrogen and oxygen atoms in total. The van der Waals surface area contributed by atoms with Crippen LogP contribution in [-0.4, -0.2) is 22.6 Å². The van der Waals surface area contributed by atoms with Crippen molar-refractivity contribution in [2.24, 2.45) is 0 Å².